The van der Waals surface area contributed by atoms with Crippen LogP contribution in [0.4, 0.5) is 0 Å². The first kappa shape index (κ1) is 15.6. The third-order valence-electron chi connectivity index (χ3n) is 3.65. The number of pyridine rings is 1. The van der Waals surface area contributed by atoms with Gasteiger partial charge in [0.25, 0.3) is 0 Å². The van der Waals surface area contributed by atoms with Gasteiger partial charge in [-0.1, -0.05) is 18.2 Å². The Morgan fingerprint density at radius 3 is 2.17 bits per heavy atom. The largest absolute Gasteiger partial charge is 0.495 e. The number of nitrogens with zero attached hydrogens (tertiary/aromatic N) is 1. The summed E-state index contributed by atoms with van der Waals surface area (Å²) >= 11 is 3.52. The first-order valence-corrected chi connectivity index (χ1v) is 7.95. The molecule has 0 spiro atoms. The number of hydrogen-bond acceptors (Lipinski definition) is 3. The summed E-state index contributed by atoms with van der Waals surface area (Å²) in [6.45, 7) is 0. The zero-order valence-corrected chi connectivity index (χ0v) is 14.5. The van der Waals surface area contributed by atoms with E-state index in [2.05, 4.69) is 20.9 Å². The molecule has 0 radical (unpaired) electrons. The molecule has 0 amide bonds. The van der Waals surface area contributed by atoms with Crippen LogP contribution in [-0.2, 0) is 0 Å². The average Bonchev–Trinajstić information content (AvgIpc) is 2.60. The average molecular weight is 370 g/mol. The van der Waals surface area contributed by atoms with Gasteiger partial charge in [-0.25, -0.2) is 0 Å². The van der Waals surface area contributed by atoms with Crippen molar-refractivity contribution in [1.29, 1.82) is 0 Å². The van der Waals surface area contributed by atoms with E-state index in [9.17, 15) is 0 Å². The lowest BCUT2D eigenvalue weighted by Gasteiger charge is -2.13. The van der Waals surface area contributed by atoms with Crippen molar-refractivity contribution in [3.63, 3.8) is 0 Å². The van der Waals surface area contributed by atoms with Crippen molar-refractivity contribution in [1.82, 2.24) is 4.98 Å². The van der Waals surface area contributed by atoms with E-state index in [4.69, 9.17) is 9.47 Å². The molecule has 3 aromatic rings. The Morgan fingerprint density at radius 1 is 0.826 bits per heavy atom. The minimum Gasteiger partial charge on any atom is -0.495 e. The highest BCUT2D eigenvalue weighted by molar-refractivity contribution is 9.10. The van der Waals surface area contributed by atoms with Gasteiger partial charge < -0.3 is 9.47 Å². The molecule has 1 heterocycles. The van der Waals surface area contributed by atoms with Crippen molar-refractivity contribution in [3.05, 3.63) is 64.4 Å². The van der Waals surface area contributed by atoms with E-state index in [0.29, 0.717) is 0 Å². The van der Waals surface area contributed by atoms with Gasteiger partial charge in [-0.3, -0.25) is 4.98 Å². The first-order chi connectivity index (χ1) is 11.2. The molecule has 0 aliphatic rings. The predicted molar refractivity (Wildman–Crippen MR) is 97.9 cm³/mol. The van der Waals surface area contributed by atoms with Crippen LogP contribution in [-0.4, -0.2) is 19.2 Å². The molecule has 0 aliphatic heterocycles. The highest BCUT2D eigenvalue weighted by Gasteiger charge is 2.12. The van der Waals surface area contributed by atoms with E-state index in [-0.39, 0.29) is 0 Å². The molecule has 0 aliphatic carbocycles. The fourth-order valence-corrected chi connectivity index (χ4v) is 3.08. The van der Waals surface area contributed by atoms with Crippen molar-refractivity contribution in [3.8, 4) is 11.5 Å². The maximum atomic E-state index is 5.65. The van der Waals surface area contributed by atoms with E-state index < -0.39 is 0 Å². The summed E-state index contributed by atoms with van der Waals surface area (Å²) in [6, 6.07) is 12.0. The minimum absolute atomic E-state index is 0.811. The molecule has 0 saturated carbocycles. The highest BCUT2D eigenvalue weighted by Crippen LogP contribution is 2.39. The van der Waals surface area contributed by atoms with Crippen molar-refractivity contribution < 1.29 is 9.47 Å². The monoisotopic (exact) mass is 369 g/mol. The number of rotatable bonds is 4. The fraction of sp³-hybridized carbons (Fsp3) is 0.105. The number of hydrogen-bond donors (Lipinski definition) is 0. The van der Waals surface area contributed by atoms with Crippen molar-refractivity contribution in [2.45, 2.75) is 0 Å². The topological polar surface area (TPSA) is 31.4 Å². The predicted octanol–water partition coefficient (Wildman–Crippen LogP) is 5.18. The Bertz CT molecular complexity index is 860. The summed E-state index contributed by atoms with van der Waals surface area (Å²) in [6.07, 6.45) is 7.64. The molecule has 3 rings (SSSR count). The quantitative estimate of drug-likeness (QED) is 0.634. The molecule has 0 bridgehead atoms. The zero-order chi connectivity index (χ0) is 16.2. The van der Waals surface area contributed by atoms with Crippen molar-refractivity contribution in [2.75, 3.05) is 14.2 Å². The second-order valence-corrected chi connectivity index (χ2v) is 5.83. The molecule has 0 fully saturated rings. The normalized spacial score (nSPS) is 11.1. The summed E-state index contributed by atoms with van der Waals surface area (Å²) in [5, 5.41) is 2.03. The van der Waals surface area contributed by atoms with Crippen LogP contribution in [0.2, 0.25) is 0 Å². The number of fused-ring (bicyclic) bond motifs is 1. The Kier molecular flexibility index (Phi) is 4.63. The second kappa shape index (κ2) is 6.84. The van der Waals surface area contributed by atoms with Gasteiger partial charge in [0.2, 0.25) is 0 Å². The summed E-state index contributed by atoms with van der Waals surface area (Å²) in [7, 11) is 3.36. The summed E-state index contributed by atoms with van der Waals surface area (Å²) < 4.78 is 12.1. The zero-order valence-electron chi connectivity index (χ0n) is 12.9. The van der Waals surface area contributed by atoms with Gasteiger partial charge in [0.1, 0.15) is 11.5 Å². The summed E-state index contributed by atoms with van der Waals surface area (Å²) in [4.78, 5) is 4.03. The molecule has 23 heavy (non-hydrogen) atoms. The summed E-state index contributed by atoms with van der Waals surface area (Å²) in [5.41, 5.74) is 2.11. The van der Waals surface area contributed by atoms with Crippen LogP contribution in [0.15, 0.2) is 53.3 Å². The van der Waals surface area contributed by atoms with Gasteiger partial charge in [0, 0.05) is 28.7 Å². The molecule has 0 N–H and O–H groups in total. The number of halogens is 1. The number of ether oxygens (including phenoxy) is 2. The maximum absolute atomic E-state index is 5.65. The third-order valence-corrected chi connectivity index (χ3v) is 4.28. The van der Waals surface area contributed by atoms with E-state index in [1.165, 1.54) is 0 Å². The Morgan fingerprint density at radius 2 is 1.48 bits per heavy atom. The number of aromatic nitrogens is 1. The SMILES string of the molecule is COc1c(Br)ccc2c(OC)c(/C=C/c3ccncc3)ccc12. The van der Waals surface area contributed by atoms with Crippen LogP contribution in [0.3, 0.4) is 0 Å². The minimum atomic E-state index is 0.811. The first-order valence-electron chi connectivity index (χ1n) is 7.16. The maximum Gasteiger partial charge on any atom is 0.140 e. The van der Waals surface area contributed by atoms with E-state index in [1.807, 2.05) is 48.6 Å². The third kappa shape index (κ3) is 3.08. The molecule has 1 aromatic heterocycles. The van der Waals surface area contributed by atoms with Gasteiger partial charge in [-0.2, -0.15) is 0 Å². The van der Waals surface area contributed by atoms with E-state index >= 15 is 0 Å². The van der Waals surface area contributed by atoms with Gasteiger partial charge in [0.15, 0.2) is 0 Å². The number of methoxy groups -OCH3 is 2. The van der Waals surface area contributed by atoms with Crippen LogP contribution in [0.1, 0.15) is 11.1 Å². The molecule has 4 heteroatoms. The van der Waals surface area contributed by atoms with E-state index in [0.717, 1.165) is 37.9 Å². The molecule has 3 nitrogen and oxygen atoms in total. The highest BCUT2D eigenvalue weighted by atomic mass is 79.9. The smallest absolute Gasteiger partial charge is 0.140 e. The number of benzene rings is 2. The van der Waals surface area contributed by atoms with E-state index in [1.54, 1.807) is 26.6 Å². The van der Waals surface area contributed by atoms with Gasteiger partial charge in [0.05, 0.1) is 18.7 Å². The van der Waals surface area contributed by atoms with Crippen LogP contribution < -0.4 is 9.47 Å². The fourth-order valence-electron chi connectivity index (χ4n) is 2.57. The van der Waals surface area contributed by atoms with Crippen LogP contribution in [0, 0.1) is 0 Å². The molecule has 2 aromatic carbocycles. The molecular formula is C19H16BrNO2. The van der Waals surface area contributed by atoms with Crippen molar-refractivity contribution in [2.24, 2.45) is 0 Å². The lowest BCUT2D eigenvalue weighted by Crippen LogP contribution is -1.92. The molecular weight excluding hydrogens is 354 g/mol. The van der Waals surface area contributed by atoms with Crippen LogP contribution in [0.5, 0.6) is 11.5 Å². The second-order valence-electron chi connectivity index (χ2n) is 4.98. The van der Waals surface area contributed by atoms with Crippen molar-refractivity contribution >= 4 is 38.9 Å². The lowest BCUT2D eigenvalue weighted by atomic mass is 10.0. The molecule has 0 unspecified atom stereocenters. The molecule has 116 valence electrons. The van der Waals surface area contributed by atoms with Gasteiger partial charge in [-0.15, -0.1) is 0 Å². The standard InChI is InChI=1S/C19H16BrNO2/c1-22-18-14(4-3-13-9-11-21-12-10-13)5-6-16-15(18)7-8-17(20)19(16)23-2/h3-12H,1-2H3/b4-3+. The summed E-state index contributed by atoms with van der Waals surface area (Å²) in [5.74, 6) is 1.64. The Labute approximate surface area is 143 Å². The van der Waals surface area contributed by atoms with Crippen LogP contribution >= 0.6 is 15.9 Å². The van der Waals surface area contributed by atoms with Gasteiger partial charge >= 0.3 is 0 Å². The Balaban J connectivity index is 2.12. The Hall–Kier alpha value is -2.33. The molecule has 0 atom stereocenters. The molecule has 0 saturated heterocycles. The van der Waals surface area contributed by atoms with Gasteiger partial charge in [-0.05, 0) is 51.8 Å². The van der Waals surface area contributed by atoms with Crippen LogP contribution in [0.25, 0.3) is 22.9 Å². The lowest BCUT2D eigenvalue weighted by molar-refractivity contribution is 0.413.